The van der Waals surface area contributed by atoms with Gasteiger partial charge in [0, 0.05) is 37.8 Å². The van der Waals surface area contributed by atoms with E-state index < -0.39 is 5.60 Å². The van der Waals surface area contributed by atoms with Gasteiger partial charge >= 0.3 is 6.09 Å². The van der Waals surface area contributed by atoms with Crippen LogP contribution in [-0.4, -0.2) is 91.7 Å². The molecule has 234 valence electrons. The first kappa shape index (κ1) is 33.2. The molecule has 1 saturated heterocycles. The van der Waals surface area contributed by atoms with Crippen LogP contribution in [0.2, 0.25) is 0 Å². The molecule has 2 N–H and O–H groups in total. The Morgan fingerprint density at radius 1 is 0.791 bits per heavy atom. The van der Waals surface area contributed by atoms with Crippen LogP contribution in [0.1, 0.15) is 57.5 Å². The van der Waals surface area contributed by atoms with Gasteiger partial charge in [-0.15, -0.1) is 0 Å². The van der Waals surface area contributed by atoms with Crippen LogP contribution in [0, 0.1) is 0 Å². The third-order valence-corrected chi connectivity index (χ3v) is 6.57. The van der Waals surface area contributed by atoms with E-state index in [9.17, 15) is 19.2 Å². The molecule has 2 aromatic rings. The molecule has 0 bridgehead atoms. The van der Waals surface area contributed by atoms with Crippen molar-refractivity contribution in [2.24, 2.45) is 0 Å². The van der Waals surface area contributed by atoms with Gasteiger partial charge in [0.25, 0.3) is 11.8 Å². The third kappa shape index (κ3) is 11.1. The van der Waals surface area contributed by atoms with Crippen molar-refractivity contribution in [3.05, 3.63) is 59.7 Å². The lowest BCUT2D eigenvalue weighted by Gasteiger charge is -2.35. The van der Waals surface area contributed by atoms with E-state index in [-0.39, 0.29) is 55.5 Å². The van der Waals surface area contributed by atoms with Crippen molar-refractivity contribution >= 4 is 23.8 Å². The second kappa shape index (κ2) is 14.8. The molecule has 0 atom stereocenters. The minimum Gasteiger partial charge on any atom is -0.492 e. The van der Waals surface area contributed by atoms with Gasteiger partial charge < -0.3 is 34.6 Å². The van der Waals surface area contributed by atoms with E-state index in [1.165, 1.54) is 0 Å². The summed E-state index contributed by atoms with van der Waals surface area (Å²) in [6, 6.07) is 14.2. The molecule has 0 radical (unpaired) electrons. The highest BCUT2D eigenvalue weighted by Crippen LogP contribution is 2.22. The van der Waals surface area contributed by atoms with Crippen molar-refractivity contribution < 1.29 is 33.4 Å². The quantitative estimate of drug-likeness (QED) is 0.403. The fourth-order valence-corrected chi connectivity index (χ4v) is 4.16. The number of ether oxygens (including phenoxy) is 3. The predicted molar refractivity (Wildman–Crippen MR) is 162 cm³/mol. The van der Waals surface area contributed by atoms with Gasteiger partial charge in [0.1, 0.15) is 23.7 Å². The molecule has 0 spiro atoms. The van der Waals surface area contributed by atoms with E-state index in [0.717, 1.165) is 5.56 Å². The van der Waals surface area contributed by atoms with Crippen LogP contribution in [0.25, 0.3) is 0 Å². The first-order chi connectivity index (χ1) is 20.2. The van der Waals surface area contributed by atoms with Crippen LogP contribution in [0.5, 0.6) is 11.5 Å². The number of piperazine rings is 1. The van der Waals surface area contributed by atoms with Crippen LogP contribution in [0.4, 0.5) is 4.79 Å². The van der Waals surface area contributed by atoms with Gasteiger partial charge in [-0.3, -0.25) is 14.4 Å². The molecule has 1 aliphatic heterocycles. The topological polar surface area (TPSA) is 127 Å². The van der Waals surface area contributed by atoms with Gasteiger partial charge in [-0.25, -0.2) is 4.79 Å². The first-order valence-corrected chi connectivity index (χ1v) is 14.5. The Hall–Kier alpha value is -4.28. The number of benzene rings is 2. The summed E-state index contributed by atoms with van der Waals surface area (Å²) >= 11 is 0. The normalized spacial score (nSPS) is 13.6. The number of carbonyl (C=O) groups is 4. The fraction of sp³-hybridized carbons (Fsp3) is 0.500. The predicted octanol–water partition coefficient (Wildman–Crippen LogP) is 3.37. The zero-order valence-corrected chi connectivity index (χ0v) is 26.0. The van der Waals surface area contributed by atoms with Crippen molar-refractivity contribution in [1.29, 1.82) is 0 Å². The monoisotopic (exact) mass is 596 g/mol. The number of nitrogens with one attached hydrogen (secondary N) is 2. The van der Waals surface area contributed by atoms with Crippen molar-refractivity contribution in [1.82, 2.24) is 20.4 Å². The highest BCUT2D eigenvalue weighted by Gasteiger charge is 2.27. The number of nitrogens with zero attached hydrogens (tertiary/aromatic N) is 2. The minimum atomic E-state index is -0.566. The molecule has 0 saturated carbocycles. The molecule has 4 amide bonds. The Morgan fingerprint density at radius 2 is 1.40 bits per heavy atom. The average Bonchev–Trinajstić information content (AvgIpc) is 2.96. The van der Waals surface area contributed by atoms with Crippen LogP contribution in [0.3, 0.4) is 0 Å². The van der Waals surface area contributed by atoms with Gasteiger partial charge in [-0.05, 0) is 56.0 Å². The highest BCUT2D eigenvalue weighted by atomic mass is 16.6. The second-order valence-electron chi connectivity index (χ2n) is 12.3. The zero-order chi connectivity index (χ0) is 31.6. The molecule has 11 heteroatoms. The van der Waals surface area contributed by atoms with Crippen molar-refractivity contribution in [3.63, 3.8) is 0 Å². The van der Waals surface area contributed by atoms with E-state index in [0.29, 0.717) is 43.2 Å². The fourth-order valence-electron chi connectivity index (χ4n) is 4.16. The Balaban J connectivity index is 1.32. The molecule has 1 fully saturated rings. The summed E-state index contributed by atoms with van der Waals surface area (Å²) in [5.74, 6) is 0.181. The van der Waals surface area contributed by atoms with E-state index in [1.54, 1.807) is 46.2 Å². The lowest BCUT2D eigenvalue weighted by Crippen LogP contribution is -2.52. The van der Waals surface area contributed by atoms with Crippen molar-refractivity contribution in [2.45, 2.75) is 52.6 Å². The number of rotatable bonds is 10. The molecule has 0 aromatic heterocycles. The zero-order valence-electron chi connectivity index (χ0n) is 26.0. The smallest absolute Gasteiger partial charge is 0.410 e. The summed E-state index contributed by atoms with van der Waals surface area (Å²) in [5, 5.41) is 5.33. The summed E-state index contributed by atoms with van der Waals surface area (Å²) in [7, 11) is 0. The molecular formula is C32H44N4O7. The van der Waals surface area contributed by atoms with Crippen LogP contribution in [-0.2, 0) is 19.7 Å². The molecule has 43 heavy (non-hydrogen) atoms. The summed E-state index contributed by atoms with van der Waals surface area (Å²) in [6.45, 7) is 13.5. The Labute approximate surface area is 253 Å². The maximum absolute atomic E-state index is 12.6. The molecule has 0 aliphatic carbocycles. The number of carbonyl (C=O) groups excluding carboxylic acids is 4. The number of hydrogen-bond acceptors (Lipinski definition) is 7. The lowest BCUT2D eigenvalue weighted by molar-refractivity contribution is -0.135. The Kier molecular flexibility index (Phi) is 11.4. The minimum absolute atomic E-state index is 0.00645. The maximum Gasteiger partial charge on any atom is 0.410 e. The molecule has 3 rings (SSSR count). The van der Waals surface area contributed by atoms with Crippen molar-refractivity contribution in [2.75, 3.05) is 52.5 Å². The molecule has 11 nitrogen and oxygen atoms in total. The summed E-state index contributed by atoms with van der Waals surface area (Å²) in [6.07, 6.45) is -0.378. The van der Waals surface area contributed by atoms with Crippen LogP contribution >= 0.6 is 0 Å². The van der Waals surface area contributed by atoms with Gasteiger partial charge in [0.15, 0.2) is 6.61 Å². The molecular weight excluding hydrogens is 552 g/mol. The van der Waals surface area contributed by atoms with Gasteiger partial charge in [-0.2, -0.15) is 0 Å². The molecule has 1 heterocycles. The van der Waals surface area contributed by atoms with E-state index in [2.05, 4.69) is 31.4 Å². The lowest BCUT2D eigenvalue weighted by atomic mass is 9.87. The SMILES string of the molecule is CC(C)(C)OC(=O)N1CCN(C(=O)COc2cccc(OCCNC(=O)CNC(=O)c3ccc(C(C)(C)C)cc3)c2)CC1. The van der Waals surface area contributed by atoms with E-state index in [4.69, 9.17) is 14.2 Å². The van der Waals surface area contributed by atoms with Crippen LogP contribution in [0.15, 0.2) is 48.5 Å². The second-order valence-corrected chi connectivity index (χ2v) is 12.3. The molecule has 1 aliphatic rings. The van der Waals surface area contributed by atoms with E-state index in [1.807, 2.05) is 32.9 Å². The maximum atomic E-state index is 12.6. The third-order valence-electron chi connectivity index (χ3n) is 6.57. The number of amides is 4. The molecule has 0 unspecified atom stereocenters. The summed E-state index contributed by atoms with van der Waals surface area (Å²) in [5.41, 5.74) is 1.05. The largest absolute Gasteiger partial charge is 0.492 e. The number of hydrogen-bond donors (Lipinski definition) is 2. The highest BCUT2D eigenvalue weighted by molar-refractivity contribution is 5.96. The van der Waals surface area contributed by atoms with Gasteiger partial charge in [0.05, 0.1) is 13.1 Å². The standard InChI is InChI=1S/C32H44N4O7/c1-31(2,3)24-12-10-23(11-13-24)29(39)34-21-27(37)33-14-19-41-25-8-7-9-26(20-25)42-22-28(38)35-15-17-36(18-16-35)30(40)43-32(4,5)6/h7-13,20H,14-19,21-22H2,1-6H3,(H,33,37)(H,34,39). The summed E-state index contributed by atoms with van der Waals surface area (Å²) in [4.78, 5) is 52.6. The van der Waals surface area contributed by atoms with Crippen LogP contribution < -0.4 is 20.1 Å². The van der Waals surface area contributed by atoms with E-state index >= 15 is 0 Å². The summed E-state index contributed by atoms with van der Waals surface area (Å²) < 4.78 is 16.8. The first-order valence-electron chi connectivity index (χ1n) is 14.5. The average molecular weight is 597 g/mol. The van der Waals surface area contributed by atoms with Gasteiger partial charge in [-0.1, -0.05) is 39.0 Å². The van der Waals surface area contributed by atoms with Gasteiger partial charge in [0.2, 0.25) is 5.91 Å². The molecule has 2 aromatic carbocycles. The van der Waals surface area contributed by atoms with Crippen molar-refractivity contribution in [3.8, 4) is 11.5 Å². The Morgan fingerprint density at radius 3 is 2.00 bits per heavy atom. The Bertz CT molecular complexity index is 1260.